The number of aromatic nitrogens is 3. The van der Waals surface area contributed by atoms with Crippen LogP contribution in [0.15, 0.2) is 16.9 Å². The minimum absolute atomic E-state index is 0.0319. The minimum atomic E-state index is -0.0319. The molecule has 5 nitrogen and oxygen atoms in total. The molecule has 0 aliphatic carbocycles. The molecular weight excluding hydrogens is 228 g/mol. The molecule has 5 heteroatoms. The highest BCUT2D eigenvalue weighted by Crippen LogP contribution is 2.21. The zero-order chi connectivity index (χ0) is 12.7. The molecule has 18 heavy (non-hydrogen) atoms. The molecule has 1 fully saturated rings. The Kier molecular flexibility index (Phi) is 2.70. The van der Waals surface area contributed by atoms with Gasteiger partial charge in [0, 0.05) is 23.9 Å². The summed E-state index contributed by atoms with van der Waals surface area (Å²) in [7, 11) is 0. The molecule has 1 saturated heterocycles. The molecule has 0 radical (unpaired) electrons. The summed E-state index contributed by atoms with van der Waals surface area (Å²) in [6, 6.07) is 3.83. The maximum Gasteiger partial charge on any atom is 0.272 e. The number of fused-ring (bicyclic) bond motifs is 1. The number of hydrogen-bond acceptors (Lipinski definition) is 3. The average Bonchev–Trinajstić information content (AvgIpc) is 2.97. The Morgan fingerprint density at radius 1 is 1.44 bits per heavy atom. The lowest BCUT2D eigenvalue weighted by molar-refractivity contribution is 0.624. The molecule has 3 heterocycles. The van der Waals surface area contributed by atoms with Crippen LogP contribution in [0.3, 0.4) is 0 Å². The Bertz CT molecular complexity index is 619. The third-order valence-corrected chi connectivity index (χ3v) is 3.53. The van der Waals surface area contributed by atoms with Gasteiger partial charge in [-0.1, -0.05) is 13.8 Å². The van der Waals surface area contributed by atoms with Gasteiger partial charge in [0.25, 0.3) is 5.56 Å². The molecule has 2 aromatic heterocycles. The minimum Gasteiger partial charge on any atom is -0.309 e. The summed E-state index contributed by atoms with van der Waals surface area (Å²) in [6.07, 6.45) is 2.21. The van der Waals surface area contributed by atoms with Crippen molar-refractivity contribution in [2.24, 2.45) is 0 Å². The summed E-state index contributed by atoms with van der Waals surface area (Å²) in [4.78, 5) is 16.6. The van der Waals surface area contributed by atoms with Crippen LogP contribution in [0.5, 0.6) is 0 Å². The molecule has 1 atom stereocenters. The zero-order valence-corrected chi connectivity index (χ0v) is 10.7. The summed E-state index contributed by atoms with van der Waals surface area (Å²) in [5.41, 5.74) is 2.59. The van der Waals surface area contributed by atoms with E-state index in [0.717, 1.165) is 36.4 Å². The van der Waals surface area contributed by atoms with Crippen molar-refractivity contribution in [3.05, 3.63) is 33.9 Å². The van der Waals surface area contributed by atoms with Gasteiger partial charge in [0.1, 0.15) is 0 Å². The molecule has 1 aliphatic rings. The van der Waals surface area contributed by atoms with Gasteiger partial charge >= 0.3 is 0 Å². The van der Waals surface area contributed by atoms with Crippen LogP contribution >= 0.6 is 0 Å². The van der Waals surface area contributed by atoms with Crippen LogP contribution in [0.2, 0.25) is 0 Å². The van der Waals surface area contributed by atoms with Crippen molar-refractivity contribution >= 4 is 5.65 Å². The van der Waals surface area contributed by atoms with E-state index in [-0.39, 0.29) is 11.6 Å². The number of rotatable bonds is 2. The fourth-order valence-corrected chi connectivity index (χ4v) is 2.44. The monoisotopic (exact) mass is 246 g/mol. The summed E-state index contributed by atoms with van der Waals surface area (Å²) >= 11 is 0. The van der Waals surface area contributed by atoms with E-state index in [1.54, 1.807) is 6.07 Å². The molecule has 96 valence electrons. The highest BCUT2D eigenvalue weighted by Gasteiger charge is 2.19. The smallest absolute Gasteiger partial charge is 0.272 e. The van der Waals surface area contributed by atoms with E-state index in [9.17, 15) is 4.79 Å². The van der Waals surface area contributed by atoms with Gasteiger partial charge in [0.05, 0.1) is 5.69 Å². The lowest BCUT2D eigenvalue weighted by atomic mass is 10.1. The van der Waals surface area contributed by atoms with Crippen LogP contribution in [-0.4, -0.2) is 21.1 Å². The predicted molar refractivity (Wildman–Crippen MR) is 69.9 cm³/mol. The van der Waals surface area contributed by atoms with Crippen molar-refractivity contribution < 1.29 is 0 Å². The van der Waals surface area contributed by atoms with Gasteiger partial charge in [-0.05, 0) is 25.3 Å². The van der Waals surface area contributed by atoms with Crippen LogP contribution in [0.25, 0.3) is 5.65 Å². The first kappa shape index (κ1) is 11.5. The normalized spacial score (nSPS) is 20.1. The number of hydrogen-bond donors (Lipinski definition) is 2. The van der Waals surface area contributed by atoms with Crippen molar-refractivity contribution in [2.75, 3.05) is 6.54 Å². The third-order valence-electron chi connectivity index (χ3n) is 3.53. The molecular formula is C13H18N4O. The second kappa shape index (κ2) is 4.24. The first-order valence-electron chi connectivity index (χ1n) is 6.51. The Labute approximate surface area is 105 Å². The number of aromatic amines is 1. The lowest BCUT2D eigenvalue weighted by Crippen LogP contribution is -2.21. The standard InChI is InChI=1S/C13H18N4O/c1-8(2)10-6-12-15-11(9-4-3-5-14-9)7-13(18)17(12)16-10/h6-9,14,16H,3-5H2,1-2H3. The fourth-order valence-electron chi connectivity index (χ4n) is 2.44. The Balaban J connectivity index is 2.11. The van der Waals surface area contributed by atoms with E-state index in [0.29, 0.717) is 5.92 Å². The molecule has 2 N–H and O–H groups in total. The first-order chi connectivity index (χ1) is 8.65. The molecule has 0 aromatic carbocycles. The second-order valence-corrected chi connectivity index (χ2v) is 5.23. The largest absolute Gasteiger partial charge is 0.309 e. The van der Waals surface area contributed by atoms with Crippen molar-refractivity contribution in [3.63, 3.8) is 0 Å². The van der Waals surface area contributed by atoms with Crippen molar-refractivity contribution in [1.29, 1.82) is 0 Å². The van der Waals surface area contributed by atoms with E-state index in [1.807, 2.05) is 6.07 Å². The summed E-state index contributed by atoms with van der Waals surface area (Å²) in [5, 5.41) is 6.48. The fraction of sp³-hybridized carbons (Fsp3) is 0.538. The van der Waals surface area contributed by atoms with E-state index < -0.39 is 0 Å². The highest BCUT2D eigenvalue weighted by atomic mass is 16.1. The van der Waals surface area contributed by atoms with Gasteiger partial charge in [-0.2, -0.15) is 0 Å². The summed E-state index contributed by atoms with van der Waals surface area (Å²) in [5.74, 6) is 0.360. The van der Waals surface area contributed by atoms with Gasteiger partial charge in [-0.25, -0.2) is 9.50 Å². The first-order valence-corrected chi connectivity index (χ1v) is 6.51. The number of nitrogens with one attached hydrogen (secondary N) is 2. The van der Waals surface area contributed by atoms with Crippen LogP contribution in [0, 0.1) is 0 Å². The van der Waals surface area contributed by atoms with Gasteiger partial charge in [-0.3, -0.25) is 9.89 Å². The lowest BCUT2D eigenvalue weighted by Gasteiger charge is -2.08. The predicted octanol–water partition coefficient (Wildman–Crippen LogP) is 1.57. The molecule has 0 spiro atoms. The van der Waals surface area contributed by atoms with Crippen molar-refractivity contribution in [3.8, 4) is 0 Å². The topological polar surface area (TPSA) is 62.2 Å². The quantitative estimate of drug-likeness (QED) is 0.845. The maximum atomic E-state index is 12.1. The van der Waals surface area contributed by atoms with Gasteiger partial charge in [0.15, 0.2) is 5.65 Å². The van der Waals surface area contributed by atoms with Crippen LogP contribution in [0.4, 0.5) is 0 Å². The number of nitrogens with zero attached hydrogens (tertiary/aromatic N) is 2. The number of H-pyrrole nitrogens is 1. The van der Waals surface area contributed by atoms with Gasteiger partial charge in [-0.15, -0.1) is 0 Å². The molecule has 3 rings (SSSR count). The van der Waals surface area contributed by atoms with Crippen molar-refractivity contribution in [1.82, 2.24) is 19.9 Å². The Morgan fingerprint density at radius 3 is 2.94 bits per heavy atom. The van der Waals surface area contributed by atoms with Crippen LogP contribution < -0.4 is 10.9 Å². The molecule has 0 bridgehead atoms. The zero-order valence-electron chi connectivity index (χ0n) is 10.7. The van der Waals surface area contributed by atoms with E-state index >= 15 is 0 Å². The van der Waals surface area contributed by atoms with E-state index in [1.165, 1.54) is 4.52 Å². The van der Waals surface area contributed by atoms with E-state index in [2.05, 4.69) is 29.2 Å². The molecule has 0 amide bonds. The van der Waals surface area contributed by atoms with Crippen LogP contribution in [0.1, 0.15) is 50.0 Å². The second-order valence-electron chi connectivity index (χ2n) is 5.23. The molecule has 1 unspecified atom stereocenters. The average molecular weight is 246 g/mol. The Hall–Kier alpha value is -1.62. The molecule has 2 aromatic rings. The SMILES string of the molecule is CC(C)c1cc2nc(C3CCCN3)cc(=O)n2[nH]1. The van der Waals surface area contributed by atoms with E-state index in [4.69, 9.17) is 0 Å². The summed E-state index contributed by atoms with van der Waals surface area (Å²) < 4.78 is 1.52. The molecule has 1 aliphatic heterocycles. The molecule has 0 saturated carbocycles. The Morgan fingerprint density at radius 2 is 2.28 bits per heavy atom. The van der Waals surface area contributed by atoms with Crippen molar-refractivity contribution in [2.45, 2.75) is 38.6 Å². The summed E-state index contributed by atoms with van der Waals surface area (Å²) in [6.45, 7) is 5.19. The third kappa shape index (κ3) is 1.84. The van der Waals surface area contributed by atoms with Gasteiger partial charge in [0.2, 0.25) is 0 Å². The van der Waals surface area contributed by atoms with Gasteiger partial charge < -0.3 is 5.32 Å². The van der Waals surface area contributed by atoms with Crippen LogP contribution in [-0.2, 0) is 0 Å². The highest BCUT2D eigenvalue weighted by molar-refractivity contribution is 5.41. The maximum absolute atomic E-state index is 12.1.